The van der Waals surface area contributed by atoms with Gasteiger partial charge in [0.05, 0.1) is 28.3 Å². The van der Waals surface area contributed by atoms with Gasteiger partial charge in [0.25, 0.3) is 11.6 Å². The molecule has 2 amide bonds. The van der Waals surface area contributed by atoms with Crippen LogP contribution in [-0.2, 0) is 4.79 Å². The number of para-hydroxylation sites is 1. The van der Waals surface area contributed by atoms with Crippen LogP contribution in [0.5, 0.6) is 0 Å². The largest absolute Gasteiger partial charge is 0.405 e. The summed E-state index contributed by atoms with van der Waals surface area (Å²) in [6.07, 6.45) is -4.55. The third-order valence-electron chi connectivity index (χ3n) is 3.84. The lowest BCUT2D eigenvalue weighted by Gasteiger charge is -2.14. The lowest BCUT2D eigenvalue weighted by molar-refractivity contribution is -0.385. The molecule has 0 aliphatic carbocycles. The number of nitro benzene ring substituents is 1. The van der Waals surface area contributed by atoms with Crippen LogP contribution in [0.4, 0.5) is 30.2 Å². The minimum atomic E-state index is -4.55. The number of amides is 2. The summed E-state index contributed by atoms with van der Waals surface area (Å²) in [5.41, 5.74) is 0.483. The summed E-state index contributed by atoms with van der Waals surface area (Å²) in [4.78, 5) is 34.5. The molecule has 3 N–H and O–H groups in total. The van der Waals surface area contributed by atoms with Gasteiger partial charge in [-0.3, -0.25) is 19.7 Å². The summed E-state index contributed by atoms with van der Waals surface area (Å²) in [6.45, 7) is -0.306. The summed E-state index contributed by atoms with van der Waals surface area (Å²) in [6, 6.07) is 10.0. The number of carbonyl (C=O) groups is 2. The molecular weight excluding hydrogens is 393 g/mol. The molecular formula is C18H17F3N4O4. The molecule has 0 atom stereocenters. The topological polar surface area (TPSA) is 113 Å². The zero-order valence-corrected chi connectivity index (χ0v) is 15.2. The molecule has 2 rings (SSSR count). The number of hydrogen-bond donors (Lipinski definition) is 3. The molecule has 8 nitrogen and oxygen atoms in total. The Morgan fingerprint density at radius 2 is 1.72 bits per heavy atom. The second-order valence-electron chi connectivity index (χ2n) is 5.95. The van der Waals surface area contributed by atoms with E-state index in [4.69, 9.17) is 0 Å². The fourth-order valence-electron chi connectivity index (χ4n) is 2.44. The SMILES string of the molecule is Cc1c(NC(=O)CNc2ccccc2C(=O)NCC(F)(F)F)cccc1[N+](=O)[O-]. The number of nitrogens with zero attached hydrogens (tertiary/aromatic N) is 1. The molecule has 0 aliphatic rings. The second kappa shape index (κ2) is 9.04. The second-order valence-corrected chi connectivity index (χ2v) is 5.95. The molecule has 0 saturated carbocycles. The van der Waals surface area contributed by atoms with Crippen molar-refractivity contribution in [1.82, 2.24) is 5.32 Å². The Morgan fingerprint density at radius 3 is 2.38 bits per heavy atom. The highest BCUT2D eigenvalue weighted by molar-refractivity contribution is 6.01. The maximum atomic E-state index is 12.3. The smallest absolute Gasteiger partial charge is 0.376 e. The molecule has 0 aromatic heterocycles. The number of nitro groups is 1. The Bertz CT molecular complexity index is 932. The highest BCUT2D eigenvalue weighted by Gasteiger charge is 2.28. The van der Waals surface area contributed by atoms with Crippen LogP contribution in [0.25, 0.3) is 0 Å². The average molecular weight is 410 g/mol. The molecule has 0 saturated heterocycles. The summed E-state index contributed by atoms with van der Waals surface area (Å²) in [7, 11) is 0. The molecule has 11 heteroatoms. The molecule has 0 aliphatic heterocycles. The molecule has 2 aromatic carbocycles. The van der Waals surface area contributed by atoms with E-state index in [0.29, 0.717) is 0 Å². The van der Waals surface area contributed by atoms with E-state index in [0.717, 1.165) is 0 Å². The molecule has 0 unspecified atom stereocenters. The minimum Gasteiger partial charge on any atom is -0.376 e. The van der Waals surface area contributed by atoms with Crippen LogP contribution in [0.2, 0.25) is 0 Å². The number of benzene rings is 2. The van der Waals surface area contributed by atoms with Gasteiger partial charge in [-0.25, -0.2) is 0 Å². The van der Waals surface area contributed by atoms with Crippen LogP contribution in [0.3, 0.4) is 0 Å². The normalized spacial score (nSPS) is 10.9. The number of carbonyl (C=O) groups excluding carboxylic acids is 2. The van der Waals surface area contributed by atoms with Crippen molar-refractivity contribution in [3.63, 3.8) is 0 Å². The number of hydrogen-bond acceptors (Lipinski definition) is 5. The third-order valence-corrected chi connectivity index (χ3v) is 3.84. The summed E-state index contributed by atoms with van der Waals surface area (Å²) >= 11 is 0. The van der Waals surface area contributed by atoms with E-state index >= 15 is 0 Å². The number of halogens is 3. The van der Waals surface area contributed by atoms with Gasteiger partial charge in [0.15, 0.2) is 0 Å². The van der Waals surface area contributed by atoms with Gasteiger partial charge in [0, 0.05) is 11.8 Å². The van der Waals surface area contributed by atoms with Crippen LogP contribution in [0.1, 0.15) is 15.9 Å². The van der Waals surface area contributed by atoms with Crippen molar-refractivity contribution in [1.29, 1.82) is 0 Å². The van der Waals surface area contributed by atoms with Gasteiger partial charge >= 0.3 is 6.18 Å². The van der Waals surface area contributed by atoms with E-state index in [1.165, 1.54) is 43.3 Å². The molecule has 0 radical (unpaired) electrons. The first-order valence-electron chi connectivity index (χ1n) is 8.30. The Balaban J connectivity index is 2.04. The van der Waals surface area contributed by atoms with Crippen molar-refractivity contribution in [2.75, 3.05) is 23.7 Å². The number of rotatable bonds is 7. The van der Waals surface area contributed by atoms with Crippen LogP contribution >= 0.6 is 0 Å². The summed E-state index contributed by atoms with van der Waals surface area (Å²) in [5, 5.41) is 17.9. The maximum Gasteiger partial charge on any atom is 0.405 e. The Kier molecular flexibility index (Phi) is 6.75. The van der Waals surface area contributed by atoms with Gasteiger partial charge in [0.2, 0.25) is 5.91 Å². The van der Waals surface area contributed by atoms with E-state index in [1.807, 2.05) is 0 Å². The first kappa shape index (κ1) is 21.7. The van der Waals surface area contributed by atoms with E-state index < -0.39 is 29.5 Å². The van der Waals surface area contributed by atoms with Crippen molar-refractivity contribution in [2.24, 2.45) is 0 Å². The minimum absolute atomic E-state index is 0.0592. The lowest BCUT2D eigenvalue weighted by Crippen LogP contribution is -2.34. The van der Waals surface area contributed by atoms with Crippen LogP contribution in [0, 0.1) is 17.0 Å². The highest BCUT2D eigenvalue weighted by Crippen LogP contribution is 2.25. The predicted octanol–water partition coefficient (Wildman–Crippen LogP) is 3.25. The van der Waals surface area contributed by atoms with Gasteiger partial charge in [-0.15, -0.1) is 0 Å². The van der Waals surface area contributed by atoms with E-state index in [1.54, 1.807) is 11.4 Å². The number of alkyl halides is 3. The predicted molar refractivity (Wildman–Crippen MR) is 99.8 cm³/mol. The summed E-state index contributed by atoms with van der Waals surface area (Å²) in [5.74, 6) is -1.50. The number of nitrogens with one attached hydrogen (secondary N) is 3. The zero-order valence-electron chi connectivity index (χ0n) is 15.2. The first-order valence-corrected chi connectivity index (χ1v) is 8.30. The molecule has 0 heterocycles. The quantitative estimate of drug-likeness (QED) is 0.479. The average Bonchev–Trinajstić information content (AvgIpc) is 2.65. The van der Waals surface area contributed by atoms with Gasteiger partial charge < -0.3 is 16.0 Å². The lowest BCUT2D eigenvalue weighted by atomic mass is 10.1. The third kappa shape index (κ3) is 6.19. The van der Waals surface area contributed by atoms with Crippen molar-refractivity contribution >= 4 is 28.9 Å². The highest BCUT2D eigenvalue weighted by atomic mass is 19.4. The van der Waals surface area contributed by atoms with Gasteiger partial charge in [-0.1, -0.05) is 18.2 Å². The molecule has 154 valence electrons. The van der Waals surface area contributed by atoms with Crippen molar-refractivity contribution < 1.29 is 27.7 Å². The Morgan fingerprint density at radius 1 is 1.07 bits per heavy atom. The summed E-state index contributed by atoms with van der Waals surface area (Å²) < 4.78 is 36.8. The fourth-order valence-corrected chi connectivity index (χ4v) is 2.44. The van der Waals surface area contributed by atoms with Crippen molar-refractivity contribution in [3.8, 4) is 0 Å². The van der Waals surface area contributed by atoms with E-state index in [-0.39, 0.29) is 34.7 Å². The Labute approximate surface area is 163 Å². The van der Waals surface area contributed by atoms with Crippen molar-refractivity contribution in [2.45, 2.75) is 13.1 Å². The van der Waals surface area contributed by atoms with Crippen LogP contribution in [0.15, 0.2) is 42.5 Å². The standard InChI is InChI=1S/C18H17F3N4O4/c1-11-13(7-4-8-15(11)25(28)29)24-16(26)9-22-14-6-3-2-5-12(14)17(27)23-10-18(19,20)21/h2-8,22H,9-10H2,1H3,(H,23,27)(H,24,26). The molecule has 29 heavy (non-hydrogen) atoms. The van der Waals surface area contributed by atoms with Gasteiger partial charge in [-0.2, -0.15) is 13.2 Å². The monoisotopic (exact) mass is 410 g/mol. The maximum absolute atomic E-state index is 12.3. The molecule has 2 aromatic rings. The molecule has 0 spiro atoms. The molecule has 0 fully saturated rings. The van der Waals surface area contributed by atoms with Crippen LogP contribution < -0.4 is 16.0 Å². The zero-order chi connectivity index (χ0) is 21.6. The van der Waals surface area contributed by atoms with Gasteiger partial charge in [0.1, 0.15) is 6.54 Å². The van der Waals surface area contributed by atoms with Crippen LogP contribution in [-0.4, -0.2) is 36.0 Å². The van der Waals surface area contributed by atoms with Crippen molar-refractivity contribution in [3.05, 3.63) is 63.7 Å². The number of anilines is 2. The van der Waals surface area contributed by atoms with E-state index in [9.17, 15) is 32.9 Å². The molecule has 0 bridgehead atoms. The van der Waals surface area contributed by atoms with Gasteiger partial charge in [-0.05, 0) is 25.1 Å². The fraction of sp³-hybridized carbons (Fsp3) is 0.222. The van der Waals surface area contributed by atoms with E-state index in [2.05, 4.69) is 10.6 Å². The first-order chi connectivity index (χ1) is 13.6. The Hall–Kier alpha value is -3.63.